The van der Waals surface area contributed by atoms with E-state index in [4.69, 9.17) is 4.98 Å². The van der Waals surface area contributed by atoms with Crippen molar-refractivity contribution in [3.8, 4) is 11.1 Å². The summed E-state index contributed by atoms with van der Waals surface area (Å²) in [5.74, 6) is 0.634. The molecular weight excluding hydrogens is 376 g/mol. The largest absolute Gasteiger partial charge is 0.347 e. The third-order valence-electron chi connectivity index (χ3n) is 5.50. The monoisotopic (exact) mass is 402 g/mol. The summed E-state index contributed by atoms with van der Waals surface area (Å²) in [5, 5.41) is 0. The first kappa shape index (κ1) is 19.9. The Morgan fingerprint density at radius 3 is 2.63 bits per heavy atom. The average Bonchev–Trinajstić information content (AvgIpc) is 2.79. The molecule has 1 unspecified atom stereocenters. The molecule has 3 aromatic rings. The highest BCUT2D eigenvalue weighted by molar-refractivity contribution is 5.94. The maximum Gasteiger partial charge on any atom is 0.255 e. The van der Waals surface area contributed by atoms with E-state index in [1.165, 1.54) is 0 Å². The van der Waals surface area contributed by atoms with E-state index in [2.05, 4.69) is 15.0 Å². The van der Waals surface area contributed by atoms with Crippen molar-refractivity contribution in [1.29, 1.82) is 0 Å². The highest BCUT2D eigenvalue weighted by Crippen LogP contribution is 2.37. The van der Waals surface area contributed by atoms with Gasteiger partial charge in [-0.1, -0.05) is 0 Å². The molecule has 0 saturated carbocycles. The van der Waals surface area contributed by atoms with E-state index >= 15 is 0 Å². The summed E-state index contributed by atoms with van der Waals surface area (Å²) in [4.78, 5) is 35.0. The van der Waals surface area contributed by atoms with Gasteiger partial charge in [-0.05, 0) is 55.5 Å². The molecule has 1 saturated heterocycles. The van der Waals surface area contributed by atoms with Gasteiger partial charge in [-0.25, -0.2) is 9.97 Å². The minimum Gasteiger partial charge on any atom is -0.347 e. The second-order valence-corrected chi connectivity index (χ2v) is 7.81. The zero-order valence-electron chi connectivity index (χ0n) is 17.6. The Labute approximate surface area is 176 Å². The zero-order chi connectivity index (χ0) is 21.1. The number of rotatable bonds is 4. The van der Waals surface area contributed by atoms with Crippen LogP contribution in [0.3, 0.4) is 0 Å². The van der Waals surface area contributed by atoms with E-state index in [9.17, 15) is 4.79 Å². The van der Waals surface area contributed by atoms with Crippen molar-refractivity contribution in [3.63, 3.8) is 0 Å². The summed E-state index contributed by atoms with van der Waals surface area (Å²) in [6.45, 7) is 2.74. The van der Waals surface area contributed by atoms with Gasteiger partial charge in [0.05, 0.1) is 17.3 Å². The molecule has 7 heteroatoms. The molecule has 4 heterocycles. The number of hydrogen-bond acceptors (Lipinski definition) is 6. The van der Waals surface area contributed by atoms with Crippen molar-refractivity contribution in [2.45, 2.75) is 32.2 Å². The Hall–Kier alpha value is -3.35. The zero-order valence-corrected chi connectivity index (χ0v) is 17.6. The van der Waals surface area contributed by atoms with Crippen molar-refractivity contribution < 1.29 is 4.79 Å². The normalized spacial score (nSPS) is 16.4. The van der Waals surface area contributed by atoms with Crippen LogP contribution in [0.5, 0.6) is 0 Å². The van der Waals surface area contributed by atoms with Gasteiger partial charge in [0, 0.05) is 57.2 Å². The second-order valence-electron chi connectivity index (χ2n) is 7.81. The topological polar surface area (TPSA) is 75.1 Å². The number of hydrogen-bond donors (Lipinski definition) is 0. The minimum atomic E-state index is -0.115. The molecule has 1 atom stereocenters. The molecule has 1 aliphatic rings. The number of amides is 1. The Morgan fingerprint density at radius 2 is 1.90 bits per heavy atom. The van der Waals surface area contributed by atoms with Crippen molar-refractivity contribution in [3.05, 3.63) is 66.0 Å². The van der Waals surface area contributed by atoms with Crippen molar-refractivity contribution in [2.24, 2.45) is 0 Å². The Bertz CT molecular complexity index is 1040. The molecule has 0 bridgehead atoms. The number of piperidine rings is 1. The van der Waals surface area contributed by atoms with Crippen LogP contribution >= 0.6 is 0 Å². The molecule has 0 aromatic carbocycles. The van der Waals surface area contributed by atoms with Crippen molar-refractivity contribution in [1.82, 2.24) is 24.8 Å². The van der Waals surface area contributed by atoms with Gasteiger partial charge < -0.3 is 9.80 Å². The summed E-state index contributed by atoms with van der Waals surface area (Å²) in [7, 11) is 3.85. The van der Waals surface area contributed by atoms with Crippen LogP contribution in [0.15, 0.2) is 49.2 Å². The van der Waals surface area contributed by atoms with Crippen molar-refractivity contribution in [2.75, 3.05) is 25.5 Å². The number of pyridine rings is 2. The fraction of sp³-hybridized carbons (Fsp3) is 0.348. The SMILES string of the molecule is Cc1cnccc1-c1cnc(N(C)C)nc1C1CCCCN1C(=O)c1cccnc1. The molecule has 1 amide bonds. The smallest absolute Gasteiger partial charge is 0.255 e. The highest BCUT2D eigenvalue weighted by atomic mass is 16.2. The molecule has 3 aromatic heterocycles. The van der Waals surface area contributed by atoms with Crippen molar-refractivity contribution >= 4 is 11.9 Å². The van der Waals surface area contributed by atoms with Gasteiger partial charge >= 0.3 is 0 Å². The van der Waals surface area contributed by atoms with Gasteiger partial charge in [0.2, 0.25) is 5.95 Å². The van der Waals surface area contributed by atoms with Gasteiger partial charge in [0.15, 0.2) is 0 Å². The molecule has 0 N–H and O–H groups in total. The molecule has 0 radical (unpaired) electrons. The van der Waals surface area contributed by atoms with Gasteiger partial charge in [0.1, 0.15) is 0 Å². The van der Waals surface area contributed by atoms with Crippen LogP contribution in [0.25, 0.3) is 11.1 Å². The Balaban J connectivity index is 1.82. The third-order valence-corrected chi connectivity index (χ3v) is 5.50. The molecule has 154 valence electrons. The van der Waals surface area contributed by atoms with Crippen LogP contribution in [-0.4, -0.2) is 51.4 Å². The maximum atomic E-state index is 13.3. The predicted molar refractivity (Wildman–Crippen MR) is 116 cm³/mol. The average molecular weight is 403 g/mol. The fourth-order valence-electron chi connectivity index (χ4n) is 3.95. The number of nitrogens with zero attached hydrogens (tertiary/aromatic N) is 6. The third kappa shape index (κ3) is 3.87. The van der Waals surface area contributed by atoms with Crippen LogP contribution in [0.4, 0.5) is 5.95 Å². The molecule has 4 rings (SSSR count). The first-order chi connectivity index (χ1) is 14.6. The number of anilines is 1. The molecular formula is C23H26N6O. The predicted octanol–water partition coefficient (Wildman–Crippen LogP) is 3.68. The Morgan fingerprint density at radius 1 is 1.07 bits per heavy atom. The number of carbonyl (C=O) groups excluding carboxylic acids is 1. The summed E-state index contributed by atoms with van der Waals surface area (Å²) < 4.78 is 0. The number of carbonyl (C=O) groups is 1. The van der Waals surface area contributed by atoms with E-state index in [1.54, 1.807) is 24.7 Å². The number of aromatic nitrogens is 4. The second kappa shape index (κ2) is 8.57. The lowest BCUT2D eigenvalue weighted by Gasteiger charge is -2.36. The lowest BCUT2D eigenvalue weighted by Crippen LogP contribution is -2.39. The fourth-order valence-corrected chi connectivity index (χ4v) is 3.95. The van der Waals surface area contributed by atoms with Crippen LogP contribution in [-0.2, 0) is 0 Å². The van der Waals surface area contributed by atoms with E-state index in [1.807, 2.05) is 55.3 Å². The van der Waals surface area contributed by atoms with Gasteiger partial charge in [0.25, 0.3) is 5.91 Å². The summed E-state index contributed by atoms with van der Waals surface area (Å²) in [6.07, 6.45) is 11.7. The van der Waals surface area contributed by atoms with Crippen LogP contribution in [0.2, 0.25) is 0 Å². The standard InChI is InChI=1S/C23H26N6O/c1-16-13-25-11-9-18(16)19-15-26-23(28(2)3)27-21(19)20-8-4-5-12-29(20)22(30)17-7-6-10-24-14-17/h6-7,9-11,13-15,20H,4-5,8,12H2,1-3H3. The molecule has 1 aliphatic heterocycles. The lowest BCUT2D eigenvalue weighted by molar-refractivity contribution is 0.0606. The quantitative estimate of drug-likeness (QED) is 0.663. The number of likely N-dealkylation sites (tertiary alicyclic amines) is 1. The van der Waals surface area contributed by atoms with Crippen LogP contribution in [0, 0.1) is 6.92 Å². The van der Waals surface area contributed by atoms with E-state index in [-0.39, 0.29) is 11.9 Å². The van der Waals surface area contributed by atoms with Crippen LogP contribution < -0.4 is 4.90 Å². The molecule has 7 nitrogen and oxygen atoms in total. The lowest BCUT2D eigenvalue weighted by atomic mass is 9.92. The summed E-state index contributed by atoms with van der Waals surface area (Å²) >= 11 is 0. The first-order valence-corrected chi connectivity index (χ1v) is 10.2. The number of aryl methyl sites for hydroxylation is 1. The van der Waals surface area contributed by atoms with Gasteiger partial charge in [-0.3, -0.25) is 14.8 Å². The van der Waals surface area contributed by atoms with Crippen LogP contribution in [0.1, 0.15) is 46.9 Å². The summed E-state index contributed by atoms with van der Waals surface area (Å²) in [6, 6.07) is 5.49. The highest BCUT2D eigenvalue weighted by Gasteiger charge is 2.32. The maximum absolute atomic E-state index is 13.3. The van der Waals surface area contributed by atoms with E-state index in [0.29, 0.717) is 18.1 Å². The Kier molecular flexibility index (Phi) is 5.70. The summed E-state index contributed by atoms with van der Waals surface area (Å²) in [5.41, 5.74) is 4.55. The molecule has 0 aliphatic carbocycles. The molecule has 1 fully saturated rings. The van der Waals surface area contributed by atoms with E-state index in [0.717, 1.165) is 41.6 Å². The minimum absolute atomic E-state index is 0.00443. The van der Waals surface area contributed by atoms with E-state index < -0.39 is 0 Å². The van der Waals surface area contributed by atoms with Gasteiger partial charge in [-0.15, -0.1) is 0 Å². The molecule has 0 spiro atoms. The first-order valence-electron chi connectivity index (χ1n) is 10.2. The molecule has 30 heavy (non-hydrogen) atoms. The van der Waals surface area contributed by atoms with Gasteiger partial charge in [-0.2, -0.15) is 0 Å².